The molecule has 1 aliphatic rings. The van der Waals surface area contributed by atoms with E-state index in [4.69, 9.17) is 14.6 Å². The summed E-state index contributed by atoms with van der Waals surface area (Å²) in [6.07, 6.45) is 6.10. The zero-order valence-corrected chi connectivity index (χ0v) is 12.4. The highest BCUT2D eigenvalue weighted by Gasteiger charge is 2.40. The number of aliphatic hydroxyl groups excluding tert-OH is 1. The molecule has 0 saturated heterocycles. The standard InChI is InChI=1S/C15H30O3/c1-5-12(2)15(8-6-7-9-15)18-14(4)11-17-13(3)10-16/h12-14,16H,5-11H2,1-4H3. The van der Waals surface area contributed by atoms with E-state index in [0.717, 1.165) is 0 Å². The quantitative estimate of drug-likeness (QED) is 0.727. The molecule has 3 nitrogen and oxygen atoms in total. The Balaban J connectivity index is 2.46. The summed E-state index contributed by atoms with van der Waals surface area (Å²) >= 11 is 0. The average molecular weight is 258 g/mol. The van der Waals surface area contributed by atoms with Gasteiger partial charge in [-0.15, -0.1) is 0 Å². The van der Waals surface area contributed by atoms with Crippen LogP contribution in [0.15, 0.2) is 0 Å². The highest BCUT2D eigenvalue weighted by molar-refractivity contribution is 4.91. The molecule has 0 radical (unpaired) electrons. The Bertz CT molecular complexity index is 224. The van der Waals surface area contributed by atoms with Crippen molar-refractivity contribution in [3.05, 3.63) is 0 Å². The van der Waals surface area contributed by atoms with Gasteiger partial charge in [0.1, 0.15) is 0 Å². The molecule has 0 aromatic rings. The molecule has 0 amide bonds. The first kappa shape index (κ1) is 15.9. The summed E-state index contributed by atoms with van der Waals surface area (Å²) in [7, 11) is 0. The van der Waals surface area contributed by atoms with Crippen LogP contribution < -0.4 is 0 Å². The Kier molecular flexibility index (Phi) is 6.61. The number of rotatable bonds is 8. The topological polar surface area (TPSA) is 38.7 Å². The van der Waals surface area contributed by atoms with E-state index >= 15 is 0 Å². The maximum absolute atomic E-state index is 8.94. The first-order valence-electron chi connectivity index (χ1n) is 7.44. The fraction of sp³-hybridized carbons (Fsp3) is 1.00. The molecule has 1 saturated carbocycles. The van der Waals surface area contributed by atoms with Gasteiger partial charge in [-0.1, -0.05) is 33.1 Å². The highest BCUT2D eigenvalue weighted by atomic mass is 16.6. The van der Waals surface area contributed by atoms with Gasteiger partial charge in [-0.05, 0) is 32.6 Å². The summed E-state index contributed by atoms with van der Waals surface area (Å²) in [5.74, 6) is 0.609. The van der Waals surface area contributed by atoms with Crippen LogP contribution in [0.4, 0.5) is 0 Å². The van der Waals surface area contributed by atoms with Gasteiger partial charge >= 0.3 is 0 Å². The van der Waals surface area contributed by atoms with Crippen molar-refractivity contribution in [2.75, 3.05) is 13.2 Å². The maximum Gasteiger partial charge on any atom is 0.0788 e. The van der Waals surface area contributed by atoms with E-state index in [-0.39, 0.29) is 24.4 Å². The lowest BCUT2D eigenvalue weighted by Crippen LogP contribution is -2.41. The molecule has 1 aliphatic carbocycles. The molecule has 1 N–H and O–H groups in total. The summed E-state index contributed by atoms with van der Waals surface area (Å²) in [6.45, 7) is 9.14. The van der Waals surface area contributed by atoms with Gasteiger partial charge in [0, 0.05) is 0 Å². The van der Waals surface area contributed by atoms with Crippen LogP contribution in [0.5, 0.6) is 0 Å². The van der Waals surface area contributed by atoms with Crippen molar-refractivity contribution in [2.45, 2.75) is 77.6 Å². The zero-order valence-electron chi connectivity index (χ0n) is 12.4. The van der Waals surface area contributed by atoms with Crippen molar-refractivity contribution in [3.8, 4) is 0 Å². The fourth-order valence-corrected chi connectivity index (χ4v) is 2.86. The van der Waals surface area contributed by atoms with Gasteiger partial charge < -0.3 is 14.6 Å². The van der Waals surface area contributed by atoms with E-state index in [1.54, 1.807) is 0 Å². The van der Waals surface area contributed by atoms with E-state index in [9.17, 15) is 0 Å². The van der Waals surface area contributed by atoms with Gasteiger partial charge in [-0.2, -0.15) is 0 Å². The lowest BCUT2D eigenvalue weighted by Gasteiger charge is -2.38. The lowest BCUT2D eigenvalue weighted by molar-refractivity contribution is -0.143. The SMILES string of the molecule is CCC(C)C1(OC(C)COC(C)CO)CCCC1. The Morgan fingerprint density at radius 3 is 2.22 bits per heavy atom. The third-order valence-electron chi connectivity index (χ3n) is 4.27. The fourth-order valence-electron chi connectivity index (χ4n) is 2.86. The summed E-state index contributed by atoms with van der Waals surface area (Å²) in [5.41, 5.74) is 0.0694. The second kappa shape index (κ2) is 7.46. The summed E-state index contributed by atoms with van der Waals surface area (Å²) in [5, 5.41) is 8.94. The normalized spacial score (nSPS) is 23.8. The molecule has 3 unspecified atom stereocenters. The van der Waals surface area contributed by atoms with Gasteiger partial charge in [0.05, 0.1) is 31.0 Å². The Labute approximate surface area is 112 Å². The zero-order chi connectivity index (χ0) is 13.6. The van der Waals surface area contributed by atoms with E-state index in [2.05, 4.69) is 20.8 Å². The Morgan fingerprint density at radius 1 is 1.11 bits per heavy atom. The van der Waals surface area contributed by atoms with Crippen molar-refractivity contribution in [1.29, 1.82) is 0 Å². The molecule has 1 rings (SSSR count). The van der Waals surface area contributed by atoms with Gasteiger partial charge in [-0.25, -0.2) is 0 Å². The first-order chi connectivity index (χ1) is 8.54. The van der Waals surface area contributed by atoms with E-state index in [1.165, 1.54) is 32.1 Å². The van der Waals surface area contributed by atoms with Crippen LogP contribution in [0.1, 0.15) is 59.8 Å². The van der Waals surface area contributed by atoms with Gasteiger partial charge in [0.25, 0.3) is 0 Å². The Morgan fingerprint density at radius 2 is 1.72 bits per heavy atom. The Hall–Kier alpha value is -0.120. The molecule has 3 atom stereocenters. The minimum atomic E-state index is -0.0980. The van der Waals surface area contributed by atoms with Crippen LogP contribution in [0, 0.1) is 5.92 Å². The van der Waals surface area contributed by atoms with Crippen LogP contribution in [0.2, 0.25) is 0 Å². The largest absolute Gasteiger partial charge is 0.394 e. The van der Waals surface area contributed by atoms with Crippen molar-refractivity contribution in [1.82, 2.24) is 0 Å². The molecule has 108 valence electrons. The van der Waals surface area contributed by atoms with Gasteiger partial charge in [-0.3, -0.25) is 0 Å². The molecular weight excluding hydrogens is 228 g/mol. The van der Waals surface area contributed by atoms with Crippen LogP contribution in [-0.4, -0.2) is 36.1 Å². The monoisotopic (exact) mass is 258 g/mol. The molecule has 18 heavy (non-hydrogen) atoms. The van der Waals surface area contributed by atoms with Crippen LogP contribution >= 0.6 is 0 Å². The smallest absolute Gasteiger partial charge is 0.0788 e. The molecule has 0 aromatic carbocycles. The molecule has 0 aliphatic heterocycles. The molecule has 0 bridgehead atoms. The maximum atomic E-state index is 8.94. The van der Waals surface area contributed by atoms with Crippen molar-refractivity contribution >= 4 is 0 Å². The number of ether oxygens (including phenoxy) is 2. The summed E-state index contributed by atoms with van der Waals surface area (Å²) in [4.78, 5) is 0. The number of aliphatic hydroxyl groups is 1. The molecule has 0 aromatic heterocycles. The van der Waals surface area contributed by atoms with Crippen LogP contribution in [-0.2, 0) is 9.47 Å². The molecule has 0 heterocycles. The molecule has 3 heteroatoms. The minimum absolute atomic E-state index is 0.0694. The minimum Gasteiger partial charge on any atom is -0.394 e. The third kappa shape index (κ3) is 4.22. The van der Waals surface area contributed by atoms with Crippen LogP contribution in [0.25, 0.3) is 0 Å². The third-order valence-corrected chi connectivity index (χ3v) is 4.27. The predicted octanol–water partition coefficient (Wildman–Crippen LogP) is 3.15. The second-order valence-corrected chi connectivity index (χ2v) is 5.84. The molecular formula is C15H30O3. The number of hydrogen-bond donors (Lipinski definition) is 1. The predicted molar refractivity (Wildman–Crippen MR) is 73.7 cm³/mol. The number of hydrogen-bond acceptors (Lipinski definition) is 3. The molecule has 0 spiro atoms. The van der Waals surface area contributed by atoms with Crippen molar-refractivity contribution in [2.24, 2.45) is 5.92 Å². The van der Waals surface area contributed by atoms with E-state index in [1.807, 2.05) is 6.92 Å². The van der Waals surface area contributed by atoms with Gasteiger partial charge in [0.15, 0.2) is 0 Å². The van der Waals surface area contributed by atoms with Gasteiger partial charge in [0.2, 0.25) is 0 Å². The summed E-state index contributed by atoms with van der Waals surface area (Å²) < 4.78 is 11.9. The second-order valence-electron chi connectivity index (χ2n) is 5.84. The van der Waals surface area contributed by atoms with E-state index < -0.39 is 0 Å². The summed E-state index contributed by atoms with van der Waals surface area (Å²) in [6, 6.07) is 0. The van der Waals surface area contributed by atoms with Crippen molar-refractivity contribution in [3.63, 3.8) is 0 Å². The average Bonchev–Trinajstić information content (AvgIpc) is 2.84. The van der Waals surface area contributed by atoms with Crippen LogP contribution in [0.3, 0.4) is 0 Å². The molecule has 1 fully saturated rings. The lowest BCUT2D eigenvalue weighted by atomic mass is 9.85. The highest BCUT2D eigenvalue weighted by Crippen LogP contribution is 2.41. The van der Waals surface area contributed by atoms with Crippen molar-refractivity contribution < 1.29 is 14.6 Å². The van der Waals surface area contributed by atoms with E-state index in [0.29, 0.717) is 12.5 Å². The first-order valence-corrected chi connectivity index (χ1v) is 7.44.